The van der Waals surface area contributed by atoms with Crippen LogP contribution in [0.25, 0.3) is 0 Å². The molecule has 3 aliphatic rings. The van der Waals surface area contributed by atoms with Crippen LogP contribution in [0.3, 0.4) is 0 Å². The van der Waals surface area contributed by atoms with Crippen LogP contribution in [-0.4, -0.2) is 67.3 Å². The first-order valence-electron chi connectivity index (χ1n) is 10.7. The summed E-state index contributed by atoms with van der Waals surface area (Å²) in [6, 6.07) is 20.6. The molecule has 0 radical (unpaired) electrons. The number of hydrogen-bond acceptors (Lipinski definition) is 4. The summed E-state index contributed by atoms with van der Waals surface area (Å²) in [5, 5.41) is 0. The molecular weight excluding hydrogens is 382 g/mol. The van der Waals surface area contributed by atoms with Crippen molar-refractivity contribution < 1.29 is 8.42 Å². The Bertz CT molecular complexity index is 927. The lowest BCUT2D eigenvalue weighted by molar-refractivity contribution is -0.0177. The van der Waals surface area contributed by atoms with Gasteiger partial charge in [-0.25, -0.2) is 8.42 Å². The summed E-state index contributed by atoms with van der Waals surface area (Å²) in [5.74, 6) is 0.496. The van der Waals surface area contributed by atoms with Gasteiger partial charge in [0.25, 0.3) is 0 Å². The predicted octanol–water partition coefficient (Wildman–Crippen LogP) is 2.66. The molecular formula is C23H29N3O2S. The molecule has 0 amide bonds. The number of piperidine rings is 1. The number of rotatable bonds is 5. The van der Waals surface area contributed by atoms with Crippen LogP contribution in [0.5, 0.6) is 0 Å². The molecule has 3 fully saturated rings. The topological polar surface area (TPSA) is 43.9 Å². The van der Waals surface area contributed by atoms with Gasteiger partial charge < -0.3 is 0 Å². The number of benzene rings is 2. The fourth-order valence-corrected chi connectivity index (χ4v) is 6.78. The molecule has 0 aliphatic carbocycles. The third-order valence-corrected chi connectivity index (χ3v) is 8.75. The van der Waals surface area contributed by atoms with Crippen molar-refractivity contribution in [1.82, 2.24) is 14.1 Å². The molecule has 0 spiro atoms. The molecule has 0 unspecified atom stereocenters. The van der Waals surface area contributed by atoms with Gasteiger partial charge in [0.1, 0.15) is 0 Å². The van der Waals surface area contributed by atoms with E-state index in [1.807, 2.05) is 6.07 Å². The minimum absolute atomic E-state index is 0.402. The van der Waals surface area contributed by atoms with Crippen molar-refractivity contribution in [3.8, 4) is 0 Å². The van der Waals surface area contributed by atoms with Crippen molar-refractivity contribution in [3.05, 3.63) is 66.2 Å². The smallest absolute Gasteiger partial charge is 0.243 e. The zero-order valence-electron chi connectivity index (χ0n) is 16.7. The Kier molecular flexibility index (Phi) is 5.20. The highest BCUT2D eigenvalue weighted by Gasteiger charge is 2.51. The van der Waals surface area contributed by atoms with Gasteiger partial charge in [-0.05, 0) is 43.6 Å². The number of likely N-dealkylation sites (tertiary alicyclic amines) is 2. The normalized spacial score (nSPS) is 26.9. The maximum Gasteiger partial charge on any atom is 0.243 e. The average Bonchev–Trinajstić information content (AvgIpc) is 3.08. The van der Waals surface area contributed by atoms with Gasteiger partial charge in [-0.15, -0.1) is 0 Å². The number of sulfonamides is 1. The third-order valence-electron chi connectivity index (χ3n) is 6.90. The van der Waals surface area contributed by atoms with Gasteiger partial charge in [-0.2, -0.15) is 4.31 Å². The highest BCUT2D eigenvalue weighted by atomic mass is 32.2. The summed E-state index contributed by atoms with van der Waals surface area (Å²) >= 11 is 0. The fraction of sp³-hybridized carbons (Fsp3) is 0.478. The Hall–Kier alpha value is -1.73. The Morgan fingerprint density at radius 1 is 0.828 bits per heavy atom. The van der Waals surface area contributed by atoms with Crippen LogP contribution < -0.4 is 0 Å². The summed E-state index contributed by atoms with van der Waals surface area (Å²) in [6.45, 7) is 5.65. The SMILES string of the molecule is O=S(=O)(c1ccccc1)N1C[C@H]2CN(C3CCN(Cc4ccccc4)CC3)[C@@H]2C1. The molecule has 2 aromatic carbocycles. The van der Waals surface area contributed by atoms with Gasteiger partial charge in [-0.1, -0.05) is 48.5 Å². The number of hydrogen-bond donors (Lipinski definition) is 0. The van der Waals surface area contributed by atoms with E-state index in [9.17, 15) is 8.42 Å². The van der Waals surface area contributed by atoms with E-state index in [2.05, 4.69) is 40.1 Å². The highest BCUT2D eigenvalue weighted by Crippen LogP contribution is 2.38. The van der Waals surface area contributed by atoms with E-state index in [1.165, 1.54) is 18.4 Å². The van der Waals surface area contributed by atoms with Crippen LogP contribution in [0.4, 0.5) is 0 Å². The maximum atomic E-state index is 13.0. The Morgan fingerprint density at radius 3 is 2.17 bits per heavy atom. The summed E-state index contributed by atoms with van der Waals surface area (Å²) in [7, 11) is -3.36. The average molecular weight is 412 g/mol. The van der Waals surface area contributed by atoms with Crippen molar-refractivity contribution in [2.24, 2.45) is 5.92 Å². The van der Waals surface area contributed by atoms with Gasteiger partial charge in [0.2, 0.25) is 10.0 Å². The molecule has 6 heteroatoms. The summed E-state index contributed by atoms with van der Waals surface area (Å²) in [5.41, 5.74) is 1.38. The van der Waals surface area contributed by atoms with Crippen molar-refractivity contribution >= 4 is 10.0 Å². The lowest BCUT2D eigenvalue weighted by Gasteiger charge is -2.50. The third kappa shape index (κ3) is 3.75. The lowest BCUT2D eigenvalue weighted by Crippen LogP contribution is -2.61. The van der Waals surface area contributed by atoms with Crippen LogP contribution in [0.15, 0.2) is 65.6 Å². The van der Waals surface area contributed by atoms with E-state index < -0.39 is 10.0 Å². The second-order valence-electron chi connectivity index (χ2n) is 8.65. The van der Waals surface area contributed by atoms with E-state index in [0.29, 0.717) is 36.0 Å². The van der Waals surface area contributed by atoms with E-state index in [0.717, 1.165) is 26.2 Å². The van der Waals surface area contributed by atoms with Crippen LogP contribution in [-0.2, 0) is 16.6 Å². The molecule has 5 rings (SSSR count). The maximum absolute atomic E-state index is 13.0. The van der Waals surface area contributed by atoms with Gasteiger partial charge >= 0.3 is 0 Å². The molecule has 3 aliphatic heterocycles. The molecule has 154 valence electrons. The zero-order valence-corrected chi connectivity index (χ0v) is 17.5. The Balaban J connectivity index is 1.16. The van der Waals surface area contributed by atoms with Crippen LogP contribution in [0.2, 0.25) is 0 Å². The standard InChI is InChI=1S/C23H29N3O2S/c27-29(28,22-9-5-2-6-10-22)25-16-20-17-26(23(20)18-25)21-11-13-24(14-12-21)15-19-7-3-1-4-8-19/h1-10,20-21,23H,11-18H2/t20-,23+/m0/s1. The number of fused-ring (bicyclic) bond motifs is 1. The second kappa shape index (κ2) is 7.84. The first-order chi connectivity index (χ1) is 14.1. The van der Waals surface area contributed by atoms with Crippen molar-refractivity contribution in [3.63, 3.8) is 0 Å². The monoisotopic (exact) mass is 411 g/mol. The van der Waals surface area contributed by atoms with Gasteiger partial charge in [0, 0.05) is 44.2 Å². The molecule has 3 saturated heterocycles. The largest absolute Gasteiger partial charge is 0.299 e. The predicted molar refractivity (Wildman–Crippen MR) is 114 cm³/mol. The Labute approximate surface area is 174 Å². The number of nitrogens with zero attached hydrogens (tertiary/aromatic N) is 3. The molecule has 0 N–H and O–H groups in total. The van der Waals surface area contributed by atoms with E-state index >= 15 is 0 Å². The molecule has 29 heavy (non-hydrogen) atoms. The lowest BCUT2D eigenvalue weighted by atomic mass is 9.87. The molecule has 3 heterocycles. The summed E-state index contributed by atoms with van der Waals surface area (Å²) in [6.07, 6.45) is 2.36. The molecule has 2 atom stereocenters. The van der Waals surface area contributed by atoms with Crippen molar-refractivity contribution in [2.75, 3.05) is 32.7 Å². The first-order valence-corrected chi connectivity index (χ1v) is 12.1. The first kappa shape index (κ1) is 19.2. The van der Waals surface area contributed by atoms with Crippen molar-refractivity contribution in [2.45, 2.75) is 36.4 Å². The van der Waals surface area contributed by atoms with Crippen LogP contribution in [0, 0.1) is 5.92 Å². The van der Waals surface area contributed by atoms with E-state index in [-0.39, 0.29) is 0 Å². The van der Waals surface area contributed by atoms with Crippen molar-refractivity contribution in [1.29, 1.82) is 0 Å². The van der Waals surface area contributed by atoms with Gasteiger partial charge in [0.15, 0.2) is 0 Å². The van der Waals surface area contributed by atoms with E-state index in [4.69, 9.17) is 0 Å². The van der Waals surface area contributed by atoms with Gasteiger partial charge in [-0.3, -0.25) is 9.80 Å². The van der Waals surface area contributed by atoms with E-state index in [1.54, 1.807) is 28.6 Å². The zero-order chi connectivity index (χ0) is 19.8. The minimum atomic E-state index is -3.36. The van der Waals surface area contributed by atoms with Gasteiger partial charge in [0.05, 0.1) is 4.90 Å². The molecule has 2 aromatic rings. The van der Waals surface area contributed by atoms with Crippen LogP contribution in [0.1, 0.15) is 18.4 Å². The molecule has 0 bridgehead atoms. The Morgan fingerprint density at radius 2 is 1.48 bits per heavy atom. The minimum Gasteiger partial charge on any atom is -0.299 e. The highest BCUT2D eigenvalue weighted by molar-refractivity contribution is 7.89. The summed E-state index contributed by atoms with van der Waals surface area (Å²) < 4.78 is 27.6. The fourth-order valence-electron chi connectivity index (χ4n) is 5.25. The second-order valence-corrected chi connectivity index (χ2v) is 10.6. The molecule has 5 nitrogen and oxygen atoms in total. The van der Waals surface area contributed by atoms with Crippen LogP contribution >= 0.6 is 0 Å². The quantitative estimate of drug-likeness (QED) is 0.759. The molecule has 0 aromatic heterocycles. The summed E-state index contributed by atoms with van der Waals surface area (Å²) in [4.78, 5) is 5.55. The molecule has 0 saturated carbocycles.